The van der Waals surface area contributed by atoms with E-state index in [-0.39, 0.29) is 0 Å². The first kappa shape index (κ1) is 24.0. The molecule has 0 aliphatic carbocycles. The fourth-order valence-corrected chi connectivity index (χ4v) is 4.28. The summed E-state index contributed by atoms with van der Waals surface area (Å²) in [5.41, 5.74) is 0. The Morgan fingerprint density at radius 2 is 0.667 bits per heavy atom. The fraction of sp³-hybridized carbons (Fsp3) is 1.00. The van der Waals surface area contributed by atoms with Crippen molar-refractivity contribution in [3.8, 4) is 0 Å². The number of hydrogen-bond acceptors (Lipinski definition) is 0. The lowest BCUT2D eigenvalue weighted by molar-refractivity contribution is 0.241. The van der Waals surface area contributed by atoms with E-state index in [4.69, 9.17) is 0 Å². The lowest BCUT2D eigenvalue weighted by Crippen LogP contribution is -2.15. The monoisotopic (exact) mass is 338 g/mol. The zero-order valence-corrected chi connectivity index (χ0v) is 17.9. The summed E-state index contributed by atoms with van der Waals surface area (Å²) in [5.74, 6) is 2.06. The third-order valence-corrected chi connectivity index (χ3v) is 5.86. The lowest BCUT2D eigenvalue weighted by atomic mass is 9.78. The highest BCUT2D eigenvalue weighted by atomic mass is 14.3. The average Bonchev–Trinajstić information content (AvgIpc) is 2.59. The zero-order valence-electron chi connectivity index (χ0n) is 17.9. The van der Waals surface area contributed by atoms with Gasteiger partial charge in [0, 0.05) is 0 Å². The van der Waals surface area contributed by atoms with E-state index >= 15 is 0 Å². The molecule has 0 saturated heterocycles. The van der Waals surface area contributed by atoms with Gasteiger partial charge in [0.15, 0.2) is 0 Å². The fourth-order valence-electron chi connectivity index (χ4n) is 4.28. The first-order chi connectivity index (χ1) is 11.8. The molecule has 0 heteroatoms. The quantitative estimate of drug-likeness (QED) is 0.206. The summed E-state index contributed by atoms with van der Waals surface area (Å²) < 4.78 is 0. The molecule has 2 atom stereocenters. The minimum Gasteiger partial charge on any atom is -0.0654 e. The van der Waals surface area contributed by atoms with Crippen LogP contribution in [0.2, 0.25) is 0 Å². The van der Waals surface area contributed by atoms with Crippen molar-refractivity contribution >= 4 is 0 Å². The summed E-state index contributed by atoms with van der Waals surface area (Å²) in [6.45, 7) is 9.39. The Bertz CT molecular complexity index is 220. The van der Waals surface area contributed by atoms with E-state index in [0.29, 0.717) is 0 Å². The topological polar surface area (TPSA) is 0 Å². The molecular weight excluding hydrogens is 288 g/mol. The molecule has 0 aromatic heterocycles. The molecule has 146 valence electrons. The van der Waals surface area contributed by atoms with Crippen molar-refractivity contribution in [2.45, 2.75) is 143 Å². The van der Waals surface area contributed by atoms with Gasteiger partial charge in [0.2, 0.25) is 0 Å². The van der Waals surface area contributed by atoms with Gasteiger partial charge >= 0.3 is 0 Å². The Labute approximate surface area is 155 Å². The second kappa shape index (κ2) is 19.3. The van der Waals surface area contributed by atoms with Crippen molar-refractivity contribution < 1.29 is 0 Å². The van der Waals surface area contributed by atoms with Gasteiger partial charge in [-0.05, 0) is 11.8 Å². The molecular formula is C24H50. The molecule has 0 heterocycles. The Hall–Kier alpha value is 0. The first-order valence-electron chi connectivity index (χ1n) is 11.8. The highest BCUT2D eigenvalue weighted by Crippen LogP contribution is 2.32. The van der Waals surface area contributed by atoms with Gasteiger partial charge in [-0.3, -0.25) is 0 Å². The summed E-state index contributed by atoms with van der Waals surface area (Å²) in [4.78, 5) is 0. The molecule has 0 N–H and O–H groups in total. The molecule has 0 fully saturated rings. The molecule has 0 nitrogen and oxygen atoms in total. The molecule has 24 heavy (non-hydrogen) atoms. The van der Waals surface area contributed by atoms with Crippen molar-refractivity contribution in [3.05, 3.63) is 0 Å². The third-order valence-electron chi connectivity index (χ3n) is 5.86. The van der Waals surface area contributed by atoms with Crippen LogP contribution in [0.25, 0.3) is 0 Å². The van der Waals surface area contributed by atoms with Crippen LogP contribution in [0.1, 0.15) is 143 Å². The van der Waals surface area contributed by atoms with Crippen molar-refractivity contribution in [2.24, 2.45) is 11.8 Å². The maximum Gasteiger partial charge on any atom is -0.0386 e. The van der Waals surface area contributed by atoms with Crippen LogP contribution < -0.4 is 0 Å². The molecule has 0 aliphatic heterocycles. The van der Waals surface area contributed by atoms with E-state index < -0.39 is 0 Å². The van der Waals surface area contributed by atoms with Gasteiger partial charge in [-0.15, -0.1) is 0 Å². The first-order valence-corrected chi connectivity index (χ1v) is 11.8. The van der Waals surface area contributed by atoms with Crippen molar-refractivity contribution in [3.63, 3.8) is 0 Å². The van der Waals surface area contributed by atoms with E-state index in [1.165, 1.54) is 116 Å². The van der Waals surface area contributed by atoms with Crippen LogP contribution in [0.4, 0.5) is 0 Å². The average molecular weight is 339 g/mol. The van der Waals surface area contributed by atoms with Gasteiger partial charge in [-0.2, -0.15) is 0 Å². The van der Waals surface area contributed by atoms with Crippen LogP contribution in [-0.2, 0) is 0 Å². The van der Waals surface area contributed by atoms with Gasteiger partial charge in [-0.25, -0.2) is 0 Å². The minimum atomic E-state index is 1.03. The summed E-state index contributed by atoms with van der Waals surface area (Å²) in [6, 6.07) is 0. The van der Waals surface area contributed by atoms with Crippen LogP contribution in [0.15, 0.2) is 0 Å². The molecule has 0 aromatic carbocycles. The van der Waals surface area contributed by atoms with Gasteiger partial charge in [0.25, 0.3) is 0 Å². The van der Waals surface area contributed by atoms with E-state index in [2.05, 4.69) is 27.7 Å². The predicted molar refractivity (Wildman–Crippen MR) is 113 cm³/mol. The summed E-state index contributed by atoms with van der Waals surface area (Å²) in [6.07, 6.45) is 26.2. The van der Waals surface area contributed by atoms with Gasteiger partial charge < -0.3 is 0 Å². The zero-order chi connectivity index (χ0) is 17.9. The normalized spacial score (nSPS) is 14.0. The van der Waals surface area contributed by atoms with Crippen LogP contribution >= 0.6 is 0 Å². The Kier molecular flexibility index (Phi) is 19.3. The molecule has 2 unspecified atom stereocenters. The van der Waals surface area contributed by atoms with Crippen molar-refractivity contribution in [1.82, 2.24) is 0 Å². The highest BCUT2D eigenvalue weighted by Gasteiger charge is 2.19. The molecule has 0 saturated carbocycles. The predicted octanol–water partition coefficient (Wildman–Crippen LogP) is 9.32. The molecule has 0 rings (SSSR count). The van der Waals surface area contributed by atoms with Crippen LogP contribution in [0.3, 0.4) is 0 Å². The number of hydrogen-bond donors (Lipinski definition) is 0. The highest BCUT2D eigenvalue weighted by molar-refractivity contribution is 4.71. The lowest BCUT2D eigenvalue weighted by Gasteiger charge is -2.27. The Morgan fingerprint density at radius 1 is 0.333 bits per heavy atom. The largest absolute Gasteiger partial charge is 0.0654 e. The SMILES string of the molecule is CCCCCCCCC(CCC)C(CCCCC)CCCCCC. The molecule has 0 amide bonds. The number of rotatable bonds is 19. The van der Waals surface area contributed by atoms with E-state index in [1.54, 1.807) is 0 Å². The molecule has 0 spiro atoms. The van der Waals surface area contributed by atoms with Crippen LogP contribution in [-0.4, -0.2) is 0 Å². The van der Waals surface area contributed by atoms with Gasteiger partial charge in [0.05, 0.1) is 0 Å². The molecule has 0 radical (unpaired) electrons. The smallest absolute Gasteiger partial charge is 0.0386 e. The second-order valence-corrected chi connectivity index (χ2v) is 8.21. The Morgan fingerprint density at radius 3 is 1.17 bits per heavy atom. The third kappa shape index (κ3) is 14.4. The molecule has 0 aromatic rings. The maximum absolute atomic E-state index is 2.40. The van der Waals surface area contributed by atoms with Gasteiger partial charge in [-0.1, -0.05) is 143 Å². The summed E-state index contributed by atoms with van der Waals surface area (Å²) >= 11 is 0. The van der Waals surface area contributed by atoms with E-state index in [0.717, 1.165) is 11.8 Å². The number of unbranched alkanes of at least 4 members (excludes halogenated alkanes) is 10. The second-order valence-electron chi connectivity index (χ2n) is 8.21. The molecule has 0 bridgehead atoms. The Balaban J connectivity index is 4.24. The van der Waals surface area contributed by atoms with Crippen LogP contribution in [0.5, 0.6) is 0 Å². The van der Waals surface area contributed by atoms with Crippen molar-refractivity contribution in [1.29, 1.82) is 0 Å². The molecule has 0 aliphatic rings. The summed E-state index contributed by atoms with van der Waals surface area (Å²) in [7, 11) is 0. The van der Waals surface area contributed by atoms with Crippen LogP contribution in [0, 0.1) is 11.8 Å². The summed E-state index contributed by atoms with van der Waals surface area (Å²) in [5, 5.41) is 0. The van der Waals surface area contributed by atoms with E-state index in [1.807, 2.05) is 0 Å². The minimum absolute atomic E-state index is 1.03. The standard InChI is InChI=1S/C24H50/c1-5-9-12-14-15-18-21-23(19-8-4)24(20-16-11-7-3)22-17-13-10-6-2/h23-24H,5-22H2,1-4H3. The van der Waals surface area contributed by atoms with E-state index in [9.17, 15) is 0 Å². The van der Waals surface area contributed by atoms with Crippen molar-refractivity contribution in [2.75, 3.05) is 0 Å². The van der Waals surface area contributed by atoms with Gasteiger partial charge in [0.1, 0.15) is 0 Å². The maximum atomic E-state index is 2.40.